The first-order valence-electron chi connectivity index (χ1n) is 9.61. The van der Waals surface area contributed by atoms with Crippen molar-refractivity contribution in [3.63, 3.8) is 0 Å². The van der Waals surface area contributed by atoms with Gasteiger partial charge < -0.3 is 21.5 Å². The van der Waals surface area contributed by atoms with Gasteiger partial charge in [-0.1, -0.05) is 19.9 Å². The van der Waals surface area contributed by atoms with Crippen molar-refractivity contribution in [2.75, 3.05) is 13.1 Å². The number of hydrogen-bond donors (Lipinski definition) is 3. The second kappa shape index (κ2) is 11.3. The zero-order valence-corrected chi connectivity index (χ0v) is 17.4. The van der Waals surface area contributed by atoms with E-state index in [0.29, 0.717) is 32.4 Å². The molecule has 0 unspecified atom stereocenters. The number of hydrogen-bond acceptors (Lipinski definition) is 3. The fourth-order valence-electron chi connectivity index (χ4n) is 3.39. The molecule has 1 aliphatic rings. The summed E-state index contributed by atoms with van der Waals surface area (Å²) >= 11 is 0. The number of alkyl halides is 3. The first-order chi connectivity index (χ1) is 14.4. The normalized spacial score (nSPS) is 14.5. The van der Waals surface area contributed by atoms with Gasteiger partial charge in [0.15, 0.2) is 5.96 Å². The fraction of sp³-hybridized carbons (Fsp3) is 0.500. The highest BCUT2D eigenvalue weighted by molar-refractivity contribution is 6.02. The number of likely N-dealkylation sites (tertiary alicyclic amines) is 1. The molecular weight excluding hydrogens is 417 g/mol. The number of carbonyl (C=O) groups excluding carboxylic acids is 2. The van der Waals surface area contributed by atoms with E-state index in [1.807, 2.05) is 13.8 Å². The number of benzene rings is 1. The third kappa shape index (κ3) is 7.91. The standard InChI is InChI=1S/C19H25F3N4O2.CH2O2/c1-11(2)9-16(27)26-7-5-12(6-8-26)14-4-3-13(17(28)25-18(23)24)10-15(14)19(20,21)22;2-1-3/h3-4,10-12H,5-9H2,1-2H3,(H4,23,24,25,28);1H,(H,2,3). The van der Waals surface area contributed by atoms with Gasteiger partial charge in [0.05, 0.1) is 5.56 Å². The van der Waals surface area contributed by atoms with Crippen LogP contribution in [0.25, 0.3) is 0 Å². The number of carbonyl (C=O) groups is 3. The predicted octanol–water partition coefficient (Wildman–Crippen LogP) is 2.57. The summed E-state index contributed by atoms with van der Waals surface area (Å²) in [6.45, 7) is 4.49. The number of rotatable bonds is 4. The van der Waals surface area contributed by atoms with Gasteiger partial charge in [-0.05, 0) is 42.4 Å². The van der Waals surface area contributed by atoms with Gasteiger partial charge in [0.2, 0.25) is 5.91 Å². The monoisotopic (exact) mass is 444 g/mol. The average molecular weight is 444 g/mol. The lowest BCUT2D eigenvalue weighted by Crippen LogP contribution is -2.38. The van der Waals surface area contributed by atoms with Crippen molar-refractivity contribution in [2.45, 2.75) is 45.2 Å². The van der Waals surface area contributed by atoms with E-state index in [0.717, 1.165) is 6.07 Å². The van der Waals surface area contributed by atoms with Crippen LogP contribution in [0.4, 0.5) is 13.2 Å². The minimum absolute atomic E-state index is 0.0303. The van der Waals surface area contributed by atoms with Gasteiger partial charge in [0.1, 0.15) is 0 Å². The van der Waals surface area contributed by atoms with E-state index in [2.05, 4.69) is 4.99 Å². The minimum atomic E-state index is -4.62. The minimum Gasteiger partial charge on any atom is -0.483 e. The van der Waals surface area contributed by atoms with Gasteiger partial charge in [-0.25, -0.2) is 0 Å². The lowest BCUT2D eigenvalue weighted by Gasteiger charge is -2.33. The van der Waals surface area contributed by atoms with Crippen molar-refractivity contribution in [3.8, 4) is 0 Å². The van der Waals surface area contributed by atoms with Crippen LogP contribution in [0, 0.1) is 5.92 Å². The molecule has 1 saturated heterocycles. The van der Waals surface area contributed by atoms with Crippen LogP contribution in [0.5, 0.6) is 0 Å². The summed E-state index contributed by atoms with van der Waals surface area (Å²) in [7, 11) is 0. The number of guanidine groups is 1. The van der Waals surface area contributed by atoms with E-state index >= 15 is 0 Å². The maximum atomic E-state index is 13.6. The average Bonchev–Trinajstić information content (AvgIpc) is 2.66. The maximum Gasteiger partial charge on any atom is 0.416 e. The summed E-state index contributed by atoms with van der Waals surface area (Å²) in [6.07, 6.45) is -3.31. The first-order valence-corrected chi connectivity index (χ1v) is 9.61. The molecule has 1 fully saturated rings. The first kappa shape index (κ1) is 25.9. The molecule has 0 aliphatic carbocycles. The van der Waals surface area contributed by atoms with Crippen molar-refractivity contribution in [3.05, 3.63) is 34.9 Å². The third-order valence-electron chi connectivity index (χ3n) is 4.71. The second-order valence-corrected chi connectivity index (χ2v) is 7.50. The van der Waals surface area contributed by atoms with E-state index in [1.165, 1.54) is 12.1 Å². The molecule has 2 amide bonds. The summed E-state index contributed by atoms with van der Waals surface area (Å²) < 4.78 is 40.8. The van der Waals surface area contributed by atoms with Crippen molar-refractivity contribution in [2.24, 2.45) is 22.4 Å². The van der Waals surface area contributed by atoms with Crippen molar-refractivity contribution in [1.82, 2.24) is 4.90 Å². The van der Waals surface area contributed by atoms with E-state index < -0.39 is 23.6 Å². The molecule has 0 radical (unpaired) electrons. The highest BCUT2D eigenvalue weighted by Crippen LogP contribution is 2.39. The SMILES string of the molecule is CC(C)CC(=O)N1CCC(c2ccc(C(=O)N=C(N)N)cc2C(F)(F)F)CC1.O=CO. The molecule has 0 spiro atoms. The number of piperidine rings is 1. The number of amides is 2. The third-order valence-corrected chi connectivity index (χ3v) is 4.71. The molecule has 0 aromatic heterocycles. The van der Waals surface area contributed by atoms with Crippen LogP contribution < -0.4 is 11.5 Å². The molecule has 1 heterocycles. The highest BCUT2D eigenvalue weighted by atomic mass is 19.4. The lowest BCUT2D eigenvalue weighted by molar-refractivity contribution is -0.139. The Morgan fingerprint density at radius 3 is 2.26 bits per heavy atom. The highest BCUT2D eigenvalue weighted by Gasteiger charge is 2.37. The molecular formula is C20H27F3N4O4. The molecule has 2 rings (SSSR count). The van der Waals surface area contributed by atoms with Gasteiger partial charge >= 0.3 is 6.18 Å². The molecule has 0 bridgehead atoms. The summed E-state index contributed by atoms with van der Waals surface area (Å²) in [5.41, 5.74) is 9.28. The van der Waals surface area contributed by atoms with E-state index in [1.54, 1.807) is 4.90 Å². The molecule has 1 aromatic rings. The van der Waals surface area contributed by atoms with Crippen LogP contribution in [0.3, 0.4) is 0 Å². The quantitative estimate of drug-likeness (QED) is 0.371. The van der Waals surface area contributed by atoms with Crippen LogP contribution in [0.2, 0.25) is 0 Å². The Balaban J connectivity index is 0.00000151. The Morgan fingerprint density at radius 2 is 1.81 bits per heavy atom. The van der Waals surface area contributed by atoms with Crippen LogP contribution in [-0.4, -0.2) is 47.3 Å². The van der Waals surface area contributed by atoms with Gasteiger partial charge in [-0.3, -0.25) is 14.4 Å². The van der Waals surface area contributed by atoms with E-state index in [4.69, 9.17) is 21.4 Å². The van der Waals surface area contributed by atoms with Crippen molar-refractivity contribution >= 4 is 24.2 Å². The maximum absolute atomic E-state index is 13.6. The largest absolute Gasteiger partial charge is 0.483 e. The molecule has 8 nitrogen and oxygen atoms in total. The zero-order valence-electron chi connectivity index (χ0n) is 17.4. The Morgan fingerprint density at radius 1 is 1.26 bits per heavy atom. The van der Waals surface area contributed by atoms with Gasteiger partial charge in [-0.15, -0.1) is 0 Å². The molecule has 11 heteroatoms. The predicted molar refractivity (Wildman–Crippen MR) is 108 cm³/mol. The smallest absolute Gasteiger partial charge is 0.416 e. The van der Waals surface area contributed by atoms with Crippen molar-refractivity contribution in [1.29, 1.82) is 0 Å². The van der Waals surface area contributed by atoms with Crippen LogP contribution in [0.1, 0.15) is 60.5 Å². The zero-order chi connectivity index (χ0) is 23.8. The number of carboxylic acid groups (broad SMARTS) is 1. The molecule has 1 aliphatic heterocycles. The summed E-state index contributed by atoms with van der Waals surface area (Å²) in [4.78, 5) is 37.4. The Labute approximate surface area is 178 Å². The van der Waals surface area contributed by atoms with Gasteiger partial charge in [0.25, 0.3) is 12.4 Å². The number of aliphatic imine (C=N–C) groups is 1. The second-order valence-electron chi connectivity index (χ2n) is 7.50. The Bertz CT molecular complexity index is 813. The van der Waals surface area contributed by atoms with Crippen LogP contribution in [-0.2, 0) is 15.8 Å². The topological polar surface area (TPSA) is 139 Å². The molecule has 31 heavy (non-hydrogen) atoms. The molecule has 5 N–H and O–H groups in total. The van der Waals surface area contributed by atoms with Gasteiger partial charge in [0, 0.05) is 25.1 Å². The van der Waals surface area contributed by atoms with Crippen molar-refractivity contribution < 1.29 is 32.7 Å². The Kier molecular flexibility index (Phi) is 9.47. The summed E-state index contributed by atoms with van der Waals surface area (Å²) in [5, 5.41) is 6.89. The van der Waals surface area contributed by atoms with Crippen LogP contribution in [0.15, 0.2) is 23.2 Å². The molecule has 172 valence electrons. The Hall–Kier alpha value is -3.11. The number of halogens is 3. The molecule has 0 saturated carbocycles. The fourth-order valence-corrected chi connectivity index (χ4v) is 3.39. The van der Waals surface area contributed by atoms with Gasteiger partial charge in [-0.2, -0.15) is 18.2 Å². The summed E-state index contributed by atoms with van der Waals surface area (Å²) in [5.74, 6) is -1.51. The van der Waals surface area contributed by atoms with E-state index in [-0.39, 0.29) is 35.3 Å². The number of nitrogens with two attached hydrogens (primary N) is 2. The molecule has 1 aromatic carbocycles. The lowest BCUT2D eigenvalue weighted by atomic mass is 9.85. The number of nitrogens with zero attached hydrogens (tertiary/aromatic N) is 2. The van der Waals surface area contributed by atoms with E-state index in [9.17, 15) is 22.8 Å². The molecule has 0 atom stereocenters. The summed E-state index contributed by atoms with van der Waals surface area (Å²) in [6, 6.07) is 3.41. The van der Waals surface area contributed by atoms with Crippen LogP contribution >= 0.6 is 0 Å².